The third kappa shape index (κ3) is 7.63. The summed E-state index contributed by atoms with van der Waals surface area (Å²) >= 11 is 7.29. The minimum Gasteiger partial charge on any atom is -0.340 e. The molecule has 2 aromatic carbocycles. The molecule has 170 valence electrons. The van der Waals surface area contributed by atoms with Crippen LogP contribution in [0.2, 0.25) is 0 Å². The van der Waals surface area contributed by atoms with Crippen molar-refractivity contribution in [3.05, 3.63) is 45.3 Å². The third-order valence-corrected chi connectivity index (χ3v) is 7.51. The van der Waals surface area contributed by atoms with Gasteiger partial charge in [0.05, 0.1) is 0 Å². The Morgan fingerprint density at radius 3 is 1.35 bits per heavy atom. The fraction of sp³-hybridized carbons (Fsp3) is 0.571. The maximum Gasteiger partial charge on any atom is 0.0492 e. The smallest absolute Gasteiger partial charge is 0.0492 e. The van der Waals surface area contributed by atoms with Gasteiger partial charge in [-0.2, -0.15) is 0 Å². The molecule has 0 spiro atoms. The molecule has 0 aliphatic carbocycles. The molecule has 3 rings (SSSR count). The number of halogens is 2. The van der Waals surface area contributed by atoms with Crippen molar-refractivity contribution in [3.63, 3.8) is 0 Å². The highest BCUT2D eigenvalue weighted by molar-refractivity contribution is 9.10. The van der Waals surface area contributed by atoms with Crippen molar-refractivity contribution >= 4 is 53.7 Å². The SMILES string of the molecule is CCCCCCCCCCCCCCCCn1c2ccc(Br)cc2c2cc(Br)ccc21. The molecule has 1 aromatic heterocycles. The highest BCUT2D eigenvalue weighted by Gasteiger charge is 2.11. The Hall–Kier alpha value is -0.800. The first-order valence-electron chi connectivity index (χ1n) is 12.6. The Balaban J connectivity index is 1.35. The Kier molecular flexibility index (Phi) is 11.0. The van der Waals surface area contributed by atoms with E-state index < -0.39 is 0 Å². The zero-order valence-electron chi connectivity index (χ0n) is 19.3. The third-order valence-electron chi connectivity index (χ3n) is 6.52. The Morgan fingerprint density at radius 1 is 0.548 bits per heavy atom. The first-order chi connectivity index (χ1) is 15.2. The Morgan fingerprint density at radius 2 is 0.935 bits per heavy atom. The second-order valence-corrected chi connectivity index (χ2v) is 10.9. The molecule has 0 aliphatic rings. The lowest BCUT2D eigenvalue weighted by atomic mass is 10.0. The Labute approximate surface area is 206 Å². The van der Waals surface area contributed by atoms with E-state index in [0.717, 1.165) is 15.5 Å². The average Bonchev–Trinajstić information content (AvgIpc) is 3.06. The first kappa shape index (κ1) is 24.8. The van der Waals surface area contributed by atoms with Crippen molar-refractivity contribution in [2.24, 2.45) is 0 Å². The van der Waals surface area contributed by atoms with Crippen molar-refractivity contribution in [3.8, 4) is 0 Å². The molecule has 3 heteroatoms. The average molecular weight is 549 g/mol. The van der Waals surface area contributed by atoms with Crippen LogP contribution in [0, 0.1) is 0 Å². The number of fused-ring (bicyclic) bond motifs is 3. The van der Waals surface area contributed by atoms with E-state index in [0.29, 0.717) is 0 Å². The molecule has 0 atom stereocenters. The van der Waals surface area contributed by atoms with Crippen molar-refractivity contribution in [1.82, 2.24) is 4.57 Å². The van der Waals surface area contributed by atoms with E-state index in [9.17, 15) is 0 Å². The molecule has 1 heterocycles. The maximum absolute atomic E-state index is 3.64. The van der Waals surface area contributed by atoms with E-state index >= 15 is 0 Å². The van der Waals surface area contributed by atoms with Crippen LogP contribution in [0.25, 0.3) is 21.8 Å². The zero-order chi connectivity index (χ0) is 21.9. The normalized spacial score (nSPS) is 11.7. The van der Waals surface area contributed by atoms with Gasteiger partial charge in [0.25, 0.3) is 0 Å². The topological polar surface area (TPSA) is 4.93 Å². The highest BCUT2D eigenvalue weighted by atomic mass is 79.9. The number of nitrogens with zero attached hydrogens (tertiary/aromatic N) is 1. The number of aromatic nitrogens is 1. The number of hydrogen-bond acceptors (Lipinski definition) is 0. The minimum atomic E-state index is 1.11. The van der Waals surface area contributed by atoms with Gasteiger partial charge in [0.2, 0.25) is 0 Å². The number of rotatable bonds is 15. The van der Waals surface area contributed by atoms with Gasteiger partial charge < -0.3 is 4.57 Å². The summed E-state index contributed by atoms with van der Waals surface area (Å²) in [5.41, 5.74) is 2.71. The van der Waals surface area contributed by atoms with E-state index in [-0.39, 0.29) is 0 Å². The summed E-state index contributed by atoms with van der Waals surface area (Å²) in [5.74, 6) is 0. The summed E-state index contributed by atoms with van der Waals surface area (Å²) in [5, 5.41) is 2.69. The van der Waals surface area contributed by atoms with Crippen LogP contribution in [0.1, 0.15) is 96.8 Å². The van der Waals surface area contributed by atoms with Crippen molar-refractivity contribution in [1.29, 1.82) is 0 Å². The van der Waals surface area contributed by atoms with E-state index in [4.69, 9.17) is 0 Å². The van der Waals surface area contributed by atoms with Gasteiger partial charge in [0.15, 0.2) is 0 Å². The van der Waals surface area contributed by atoms with Crippen molar-refractivity contribution < 1.29 is 0 Å². The van der Waals surface area contributed by atoms with Gasteiger partial charge >= 0.3 is 0 Å². The molecule has 0 amide bonds. The second-order valence-electron chi connectivity index (χ2n) is 9.07. The maximum atomic E-state index is 3.64. The van der Waals surface area contributed by atoms with Crippen LogP contribution in [-0.4, -0.2) is 4.57 Å². The standard InChI is InChI=1S/C28H39Br2N/c1-2-3-4-5-6-7-8-9-10-11-12-13-14-15-20-31-27-18-16-23(29)21-25(27)26-22-24(30)17-19-28(26)31/h16-19,21-22H,2-15,20H2,1H3. The van der Waals surface area contributed by atoms with Crippen LogP contribution < -0.4 is 0 Å². The monoisotopic (exact) mass is 547 g/mol. The van der Waals surface area contributed by atoms with E-state index in [1.54, 1.807) is 0 Å². The van der Waals surface area contributed by atoms with Gasteiger partial charge in [-0.3, -0.25) is 0 Å². The molecule has 3 aromatic rings. The van der Waals surface area contributed by atoms with Gasteiger partial charge in [-0.1, -0.05) is 122 Å². The summed E-state index contributed by atoms with van der Waals surface area (Å²) in [6.07, 6.45) is 19.7. The zero-order valence-corrected chi connectivity index (χ0v) is 22.4. The molecule has 0 aliphatic heterocycles. The van der Waals surface area contributed by atoms with Crippen LogP contribution in [0.4, 0.5) is 0 Å². The number of aryl methyl sites for hydroxylation is 1. The van der Waals surface area contributed by atoms with Crippen LogP contribution in [0.3, 0.4) is 0 Å². The molecular formula is C28H39Br2N. The molecule has 0 bridgehead atoms. The molecule has 0 N–H and O–H groups in total. The van der Waals surface area contributed by atoms with E-state index in [2.05, 4.69) is 79.7 Å². The number of hydrogen-bond donors (Lipinski definition) is 0. The summed E-state index contributed by atoms with van der Waals surface area (Å²) in [6.45, 7) is 3.41. The van der Waals surface area contributed by atoms with Gasteiger partial charge in [-0.05, 0) is 42.8 Å². The molecule has 1 nitrogen and oxygen atoms in total. The minimum absolute atomic E-state index is 1.11. The van der Waals surface area contributed by atoms with E-state index in [1.165, 1.54) is 112 Å². The fourth-order valence-corrected chi connectivity index (χ4v) is 5.48. The molecule has 0 radical (unpaired) electrons. The molecule has 0 saturated heterocycles. The quantitative estimate of drug-likeness (QED) is 0.166. The first-order valence-corrected chi connectivity index (χ1v) is 14.2. The van der Waals surface area contributed by atoms with Crippen molar-refractivity contribution in [2.75, 3.05) is 0 Å². The molecule has 31 heavy (non-hydrogen) atoms. The predicted molar refractivity (Wildman–Crippen MR) is 145 cm³/mol. The highest BCUT2D eigenvalue weighted by Crippen LogP contribution is 2.33. The molecule has 0 unspecified atom stereocenters. The molecular weight excluding hydrogens is 510 g/mol. The predicted octanol–water partition coefficient (Wildman–Crippen LogP) is 10.8. The summed E-state index contributed by atoms with van der Waals surface area (Å²) in [6, 6.07) is 13.4. The lowest BCUT2D eigenvalue weighted by molar-refractivity contribution is 0.528. The largest absolute Gasteiger partial charge is 0.340 e. The van der Waals surface area contributed by atoms with E-state index in [1.807, 2.05) is 0 Å². The summed E-state index contributed by atoms with van der Waals surface area (Å²) < 4.78 is 4.82. The van der Waals surface area contributed by atoms with Gasteiger partial charge in [-0.15, -0.1) is 0 Å². The van der Waals surface area contributed by atoms with Gasteiger partial charge in [-0.25, -0.2) is 0 Å². The lowest BCUT2D eigenvalue weighted by Crippen LogP contribution is -1.97. The molecule has 0 saturated carbocycles. The van der Waals surface area contributed by atoms with Crippen LogP contribution in [-0.2, 0) is 6.54 Å². The second kappa shape index (κ2) is 13.7. The van der Waals surface area contributed by atoms with Crippen LogP contribution in [0.15, 0.2) is 45.3 Å². The van der Waals surface area contributed by atoms with Crippen LogP contribution in [0.5, 0.6) is 0 Å². The number of unbranched alkanes of at least 4 members (excludes halogenated alkanes) is 13. The van der Waals surface area contributed by atoms with Gasteiger partial charge in [0.1, 0.15) is 0 Å². The van der Waals surface area contributed by atoms with Crippen LogP contribution >= 0.6 is 31.9 Å². The Bertz CT molecular complexity index is 868. The van der Waals surface area contributed by atoms with Crippen molar-refractivity contribution in [2.45, 2.75) is 103 Å². The summed E-state index contributed by atoms with van der Waals surface area (Å²) in [4.78, 5) is 0. The van der Waals surface area contributed by atoms with Gasteiger partial charge in [0, 0.05) is 37.3 Å². The fourth-order valence-electron chi connectivity index (χ4n) is 4.75. The molecule has 0 fully saturated rings. The number of benzene rings is 2. The lowest BCUT2D eigenvalue weighted by Gasteiger charge is -2.08. The summed E-state index contributed by atoms with van der Waals surface area (Å²) in [7, 11) is 0.